The number of hydrogen-bond donors (Lipinski definition) is 2. The van der Waals surface area contributed by atoms with Crippen molar-refractivity contribution in [1.29, 1.82) is 0 Å². The molecule has 2 N–H and O–H groups in total. The number of hydrogen-bond acceptors (Lipinski definition) is 12. The molecule has 14 nitrogen and oxygen atoms in total. The minimum atomic E-state index is -1.07. The first-order valence-electron chi connectivity index (χ1n) is 13.0. The molecule has 0 saturated heterocycles. The Morgan fingerprint density at radius 3 is 1.56 bits per heavy atom. The van der Waals surface area contributed by atoms with Crippen molar-refractivity contribution in [3.8, 4) is 23.3 Å². The smallest absolute Gasteiger partial charge is 0.321 e. The summed E-state index contributed by atoms with van der Waals surface area (Å²) < 4.78 is 22.5. The fraction of sp³-hybridized carbons (Fsp3) is 0.481. The van der Waals surface area contributed by atoms with E-state index in [1.165, 1.54) is 14.2 Å². The number of rotatable bonds is 16. The average Bonchev–Trinajstić information content (AvgIpc) is 3.55. The number of carbonyl (C=O) groups excluding carboxylic acids is 2. The maximum Gasteiger partial charge on any atom is 0.321 e. The number of ether oxygens (including phenoxy) is 4. The molecule has 2 aliphatic rings. The second kappa shape index (κ2) is 13.4. The number of fused-ring (bicyclic) bond motifs is 2. The predicted octanol–water partition coefficient (Wildman–Crippen LogP) is 1.06. The van der Waals surface area contributed by atoms with E-state index < -0.39 is 24.0 Å². The second-order valence-corrected chi connectivity index (χ2v) is 9.58. The van der Waals surface area contributed by atoms with Gasteiger partial charge in [-0.25, -0.2) is 9.97 Å². The lowest BCUT2D eigenvalue weighted by Gasteiger charge is -2.21. The Bertz CT molecular complexity index is 1210. The standard InChI is InChI=1S/C27H32N4O10/c1-38-22-10-16-12-30(20(4-6-32)26(34)35)14-18(16)28-24(22)40-8-3-9-41-25-23(39-2)11-17-13-31(15-19(17)29-25)21(5-7-33)27(36)37/h6-7,10-11,20-21H,3-5,8-9,12-15H2,1-2H3,(H,34,35)(H,36,37). The highest BCUT2D eigenvalue weighted by atomic mass is 16.5. The lowest BCUT2D eigenvalue weighted by molar-refractivity contribution is -0.145. The van der Waals surface area contributed by atoms with Gasteiger partial charge in [0.2, 0.25) is 0 Å². The van der Waals surface area contributed by atoms with Crippen molar-refractivity contribution in [2.24, 2.45) is 0 Å². The van der Waals surface area contributed by atoms with Gasteiger partial charge >= 0.3 is 11.9 Å². The first-order chi connectivity index (χ1) is 19.8. The first kappa shape index (κ1) is 29.7. The molecule has 2 atom stereocenters. The lowest BCUT2D eigenvalue weighted by Crippen LogP contribution is -2.37. The highest BCUT2D eigenvalue weighted by Crippen LogP contribution is 2.35. The van der Waals surface area contributed by atoms with Gasteiger partial charge < -0.3 is 38.7 Å². The predicted molar refractivity (Wildman–Crippen MR) is 140 cm³/mol. The van der Waals surface area contributed by atoms with Crippen molar-refractivity contribution in [3.63, 3.8) is 0 Å². The van der Waals surface area contributed by atoms with Gasteiger partial charge in [0, 0.05) is 45.4 Å². The molecule has 4 rings (SSSR count). The van der Waals surface area contributed by atoms with Gasteiger partial charge in [0.05, 0.1) is 38.8 Å². The topological polar surface area (TPSA) is 178 Å². The third-order valence-corrected chi connectivity index (χ3v) is 7.00. The Hall–Kier alpha value is -4.30. The van der Waals surface area contributed by atoms with Crippen LogP contribution in [0.25, 0.3) is 0 Å². The van der Waals surface area contributed by atoms with Gasteiger partial charge in [-0.2, -0.15) is 0 Å². The van der Waals surface area contributed by atoms with E-state index in [9.17, 15) is 29.4 Å². The summed E-state index contributed by atoms with van der Waals surface area (Å²) in [6.07, 6.45) is 1.42. The van der Waals surface area contributed by atoms with Crippen LogP contribution in [0, 0.1) is 0 Å². The molecule has 0 amide bonds. The van der Waals surface area contributed by atoms with Gasteiger partial charge in [0.15, 0.2) is 11.5 Å². The van der Waals surface area contributed by atoms with Gasteiger partial charge in [-0.3, -0.25) is 19.4 Å². The fourth-order valence-corrected chi connectivity index (χ4v) is 4.92. The summed E-state index contributed by atoms with van der Waals surface area (Å²) in [6, 6.07) is 1.66. The Kier molecular flexibility index (Phi) is 9.68. The number of pyridine rings is 2. The number of methoxy groups -OCH3 is 2. The summed E-state index contributed by atoms with van der Waals surface area (Å²) in [5.41, 5.74) is 2.94. The molecule has 0 aromatic carbocycles. The maximum absolute atomic E-state index is 11.6. The minimum Gasteiger partial charge on any atom is -0.491 e. The summed E-state index contributed by atoms with van der Waals surface area (Å²) in [7, 11) is 2.98. The number of aliphatic carboxylic acids is 2. The van der Waals surface area contributed by atoms with Crippen LogP contribution in [0.15, 0.2) is 12.1 Å². The maximum atomic E-state index is 11.6. The summed E-state index contributed by atoms with van der Waals surface area (Å²) >= 11 is 0. The van der Waals surface area contributed by atoms with Gasteiger partial charge in [-0.15, -0.1) is 0 Å². The van der Waals surface area contributed by atoms with E-state index in [2.05, 4.69) is 9.97 Å². The van der Waals surface area contributed by atoms with E-state index in [0.717, 1.165) is 11.1 Å². The van der Waals surface area contributed by atoms with E-state index in [1.54, 1.807) is 21.9 Å². The quantitative estimate of drug-likeness (QED) is 0.215. The Morgan fingerprint density at radius 2 is 1.22 bits per heavy atom. The highest BCUT2D eigenvalue weighted by Gasteiger charge is 2.33. The van der Waals surface area contributed by atoms with Crippen LogP contribution >= 0.6 is 0 Å². The second-order valence-electron chi connectivity index (χ2n) is 9.58. The van der Waals surface area contributed by atoms with Crippen molar-refractivity contribution in [2.45, 2.75) is 57.5 Å². The summed E-state index contributed by atoms with van der Waals surface area (Å²) in [6.45, 7) is 1.68. The number of aromatic nitrogens is 2. The normalized spacial score (nSPS) is 15.9. The van der Waals surface area contributed by atoms with E-state index in [4.69, 9.17) is 18.9 Å². The summed E-state index contributed by atoms with van der Waals surface area (Å²) in [5, 5.41) is 18.9. The Labute approximate surface area is 235 Å². The van der Waals surface area contributed by atoms with E-state index in [-0.39, 0.29) is 50.9 Å². The number of carboxylic acids is 2. The largest absolute Gasteiger partial charge is 0.491 e. The number of aldehydes is 2. The van der Waals surface area contributed by atoms with Gasteiger partial charge in [-0.05, 0) is 23.3 Å². The van der Waals surface area contributed by atoms with Crippen LogP contribution in [0.4, 0.5) is 0 Å². The van der Waals surface area contributed by atoms with Crippen LogP contribution in [-0.4, -0.2) is 94.0 Å². The molecule has 0 bridgehead atoms. The molecule has 0 spiro atoms. The Morgan fingerprint density at radius 1 is 0.805 bits per heavy atom. The van der Waals surface area contributed by atoms with Crippen LogP contribution in [0.1, 0.15) is 41.8 Å². The molecule has 0 fully saturated rings. The molecule has 0 saturated carbocycles. The van der Waals surface area contributed by atoms with E-state index in [0.29, 0.717) is 55.0 Å². The highest BCUT2D eigenvalue weighted by molar-refractivity contribution is 5.77. The van der Waals surface area contributed by atoms with Crippen molar-refractivity contribution >= 4 is 24.5 Å². The SMILES string of the molecule is COc1cc2c(nc1OCCCOc1nc3c(cc1OC)CN(C(CC=O)C(=O)O)C3)CN(C(CC=O)C(=O)O)C2. The molecule has 41 heavy (non-hydrogen) atoms. The molecule has 2 aliphatic heterocycles. The lowest BCUT2D eigenvalue weighted by atomic mass is 10.2. The molecule has 2 aromatic heterocycles. The molecule has 4 heterocycles. The molecular weight excluding hydrogens is 540 g/mol. The van der Waals surface area contributed by atoms with Crippen LogP contribution in [0.3, 0.4) is 0 Å². The van der Waals surface area contributed by atoms with Crippen molar-refractivity contribution in [2.75, 3.05) is 27.4 Å². The van der Waals surface area contributed by atoms with Crippen LogP contribution in [-0.2, 0) is 45.4 Å². The summed E-state index contributed by atoms with van der Waals surface area (Å²) in [4.78, 5) is 57.4. The van der Waals surface area contributed by atoms with Crippen LogP contribution in [0.5, 0.6) is 23.3 Å². The third-order valence-electron chi connectivity index (χ3n) is 7.00. The van der Waals surface area contributed by atoms with Crippen molar-refractivity contribution < 1.29 is 48.3 Å². The van der Waals surface area contributed by atoms with Gasteiger partial charge in [0.25, 0.3) is 11.8 Å². The zero-order valence-electron chi connectivity index (χ0n) is 22.8. The molecule has 0 radical (unpaired) electrons. The fourth-order valence-electron chi connectivity index (χ4n) is 4.92. The zero-order chi connectivity index (χ0) is 29.5. The monoisotopic (exact) mass is 572 g/mol. The number of carbonyl (C=O) groups is 4. The average molecular weight is 573 g/mol. The molecule has 0 aliphatic carbocycles. The van der Waals surface area contributed by atoms with Crippen LogP contribution < -0.4 is 18.9 Å². The van der Waals surface area contributed by atoms with E-state index in [1.807, 2.05) is 0 Å². The van der Waals surface area contributed by atoms with Crippen LogP contribution in [0.2, 0.25) is 0 Å². The molecule has 2 aromatic rings. The summed E-state index contributed by atoms with van der Waals surface area (Å²) in [5.74, 6) is -0.770. The first-order valence-corrected chi connectivity index (χ1v) is 13.0. The number of carboxylic acid groups (broad SMARTS) is 2. The molecule has 220 valence electrons. The molecule has 14 heteroatoms. The number of nitrogens with zero attached hydrogens (tertiary/aromatic N) is 4. The van der Waals surface area contributed by atoms with Gasteiger partial charge in [0.1, 0.15) is 24.7 Å². The zero-order valence-corrected chi connectivity index (χ0v) is 22.8. The van der Waals surface area contributed by atoms with E-state index >= 15 is 0 Å². The molecule has 2 unspecified atom stereocenters. The van der Waals surface area contributed by atoms with Crippen molar-refractivity contribution in [1.82, 2.24) is 19.8 Å². The minimum absolute atomic E-state index is 0.116. The Balaban J connectivity index is 1.34. The van der Waals surface area contributed by atoms with Crippen molar-refractivity contribution in [3.05, 3.63) is 34.6 Å². The third kappa shape index (κ3) is 6.72. The molecular formula is C27H32N4O10. The van der Waals surface area contributed by atoms with Gasteiger partial charge in [-0.1, -0.05) is 0 Å².